The van der Waals surface area contributed by atoms with Crippen molar-refractivity contribution in [2.45, 2.75) is 84.2 Å². The van der Waals surface area contributed by atoms with Crippen molar-refractivity contribution in [3.8, 4) is 0 Å². The lowest BCUT2D eigenvalue weighted by Gasteiger charge is -2.33. The lowest BCUT2D eigenvalue weighted by Crippen LogP contribution is -2.37. The summed E-state index contributed by atoms with van der Waals surface area (Å²) in [6.45, 7) is 11.2. The van der Waals surface area contributed by atoms with Crippen molar-refractivity contribution in [2.24, 2.45) is 22.7 Å². The largest absolute Gasteiger partial charge is 0.371 e. The fourth-order valence-corrected chi connectivity index (χ4v) is 6.07. The summed E-state index contributed by atoms with van der Waals surface area (Å²) in [4.78, 5) is 9.98. The maximum Gasteiger partial charge on any atom is 0.172 e. The van der Waals surface area contributed by atoms with E-state index in [1.54, 1.807) is 0 Å². The maximum absolute atomic E-state index is 6.06. The second-order valence-electron chi connectivity index (χ2n) is 10.8. The summed E-state index contributed by atoms with van der Waals surface area (Å²) >= 11 is 6.06. The first kappa shape index (κ1) is 24.5. The predicted octanol–water partition coefficient (Wildman–Crippen LogP) is 6.04. The average Bonchev–Trinajstić information content (AvgIpc) is 3.43. The lowest BCUT2D eigenvalue weighted by molar-refractivity contribution is 0.223. The summed E-state index contributed by atoms with van der Waals surface area (Å²) in [5, 5.41) is 4.62. The number of nitrogens with one attached hydrogen (secondary N) is 1. The first-order chi connectivity index (χ1) is 16.0. The van der Waals surface area contributed by atoms with Crippen LogP contribution in [0.2, 0.25) is 0 Å². The molecule has 3 aliphatic rings. The monoisotopic (exact) mass is 468 g/mol. The SMILES string of the molecule is CCC(C)C1=N[C@@H](CCCCN2C[C@@H](c3ccccc3)N(CC3CCC(C)CC3)C2=S)CN1. The molecule has 182 valence electrons. The van der Waals surface area contributed by atoms with Crippen molar-refractivity contribution in [2.75, 3.05) is 26.2 Å². The minimum absolute atomic E-state index is 0.403. The van der Waals surface area contributed by atoms with Crippen LogP contribution in [0.15, 0.2) is 35.3 Å². The molecule has 1 saturated heterocycles. The molecule has 1 unspecified atom stereocenters. The Bertz CT molecular complexity index is 786. The molecule has 4 nitrogen and oxygen atoms in total. The van der Waals surface area contributed by atoms with Gasteiger partial charge in [0.2, 0.25) is 0 Å². The highest BCUT2D eigenvalue weighted by Gasteiger charge is 2.36. The molecule has 1 N–H and O–H groups in total. The lowest BCUT2D eigenvalue weighted by atomic mass is 9.82. The number of thiocarbonyl (C=S) groups is 1. The summed E-state index contributed by atoms with van der Waals surface area (Å²) in [6, 6.07) is 11.9. The van der Waals surface area contributed by atoms with Crippen LogP contribution in [0.1, 0.15) is 83.7 Å². The zero-order chi connectivity index (χ0) is 23.2. The van der Waals surface area contributed by atoms with Crippen molar-refractivity contribution >= 4 is 23.2 Å². The zero-order valence-electron chi connectivity index (χ0n) is 21.0. The van der Waals surface area contributed by atoms with E-state index in [0.29, 0.717) is 18.0 Å². The molecule has 0 bridgehead atoms. The Morgan fingerprint density at radius 1 is 1.12 bits per heavy atom. The Labute approximate surface area is 207 Å². The van der Waals surface area contributed by atoms with Crippen molar-refractivity contribution < 1.29 is 0 Å². The molecule has 0 radical (unpaired) electrons. The van der Waals surface area contributed by atoms with Gasteiger partial charge in [0.15, 0.2) is 5.11 Å². The summed E-state index contributed by atoms with van der Waals surface area (Å²) in [5.74, 6) is 3.47. The van der Waals surface area contributed by atoms with Crippen LogP contribution in [0.3, 0.4) is 0 Å². The highest BCUT2D eigenvalue weighted by Crippen LogP contribution is 2.35. The van der Waals surface area contributed by atoms with Crippen molar-refractivity contribution in [3.05, 3.63) is 35.9 Å². The number of rotatable bonds is 10. The van der Waals surface area contributed by atoms with Gasteiger partial charge < -0.3 is 15.1 Å². The smallest absolute Gasteiger partial charge is 0.172 e. The molecule has 5 heteroatoms. The van der Waals surface area contributed by atoms with Crippen molar-refractivity contribution in [3.63, 3.8) is 0 Å². The van der Waals surface area contributed by atoms with E-state index >= 15 is 0 Å². The number of hydrogen-bond acceptors (Lipinski definition) is 3. The average molecular weight is 469 g/mol. The Morgan fingerprint density at radius 3 is 2.61 bits per heavy atom. The zero-order valence-corrected chi connectivity index (χ0v) is 21.8. The van der Waals surface area contributed by atoms with Crippen LogP contribution in [-0.4, -0.2) is 53.0 Å². The molecule has 2 heterocycles. The number of nitrogens with zero attached hydrogens (tertiary/aromatic N) is 3. The molecular weight excluding hydrogens is 424 g/mol. The Morgan fingerprint density at radius 2 is 1.88 bits per heavy atom. The van der Waals surface area contributed by atoms with E-state index in [2.05, 4.69) is 66.2 Å². The third-order valence-electron chi connectivity index (χ3n) is 8.20. The Hall–Kier alpha value is -1.62. The quantitative estimate of drug-likeness (QED) is 0.335. The normalized spacial score (nSPS) is 28.7. The van der Waals surface area contributed by atoms with Gasteiger partial charge in [-0.2, -0.15) is 0 Å². The summed E-state index contributed by atoms with van der Waals surface area (Å²) in [5.41, 5.74) is 1.41. The summed E-state index contributed by atoms with van der Waals surface area (Å²) in [7, 11) is 0. The molecule has 1 aromatic rings. The highest BCUT2D eigenvalue weighted by atomic mass is 32.1. The third-order valence-corrected chi connectivity index (χ3v) is 8.69. The van der Waals surface area contributed by atoms with E-state index in [1.165, 1.54) is 56.3 Å². The fraction of sp³-hybridized carbons (Fsp3) is 0.714. The molecule has 33 heavy (non-hydrogen) atoms. The molecule has 3 atom stereocenters. The van der Waals surface area contributed by atoms with Gasteiger partial charge in [0, 0.05) is 32.1 Å². The highest BCUT2D eigenvalue weighted by molar-refractivity contribution is 7.80. The number of unbranched alkanes of at least 4 members (excludes halogenated alkanes) is 1. The maximum atomic E-state index is 6.06. The summed E-state index contributed by atoms with van der Waals surface area (Å²) in [6.07, 6.45) is 10.2. The molecule has 2 fully saturated rings. The third kappa shape index (κ3) is 6.29. The van der Waals surface area contributed by atoms with Gasteiger partial charge in [0.1, 0.15) is 0 Å². The van der Waals surface area contributed by atoms with Gasteiger partial charge in [-0.25, -0.2) is 0 Å². The van der Waals surface area contributed by atoms with Gasteiger partial charge in [-0.1, -0.05) is 63.9 Å². The van der Waals surface area contributed by atoms with Gasteiger partial charge >= 0.3 is 0 Å². The number of hydrogen-bond donors (Lipinski definition) is 1. The van der Waals surface area contributed by atoms with Crippen LogP contribution < -0.4 is 5.32 Å². The number of aliphatic imine (C=N–C) groups is 1. The number of amidine groups is 1. The van der Waals surface area contributed by atoms with E-state index in [0.717, 1.165) is 49.5 Å². The van der Waals surface area contributed by atoms with Gasteiger partial charge in [-0.3, -0.25) is 4.99 Å². The molecule has 0 amide bonds. The van der Waals surface area contributed by atoms with Crippen LogP contribution in [0.4, 0.5) is 0 Å². The standard InChI is InChI=1S/C28H44N4S/c1-4-22(3)27-29-18-25(30-27)12-8-9-17-31-20-26(24-10-6-5-7-11-24)32(28(31)33)19-23-15-13-21(2)14-16-23/h5-7,10-11,21-23,25-26H,4,8-9,12-20H2,1-3H3,(H,29,30)/t21?,22?,23?,25-,26-/m0/s1. The van der Waals surface area contributed by atoms with Crippen LogP contribution in [-0.2, 0) is 0 Å². The van der Waals surface area contributed by atoms with Crippen LogP contribution in [0.25, 0.3) is 0 Å². The first-order valence-corrected chi connectivity index (χ1v) is 13.9. The van der Waals surface area contributed by atoms with Crippen LogP contribution >= 0.6 is 12.2 Å². The van der Waals surface area contributed by atoms with Gasteiger partial charge in [-0.15, -0.1) is 0 Å². The molecular formula is C28H44N4S. The molecule has 1 saturated carbocycles. The Balaban J connectivity index is 1.31. The predicted molar refractivity (Wildman–Crippen MR) is 144 cm³/mol. The van der Waals surface area contributed by atoms with Crippen LogP contribution in [0, 0.1) is 17.8 Å². The van der Waals surface area contributed by atoms with E-state index in [9.17, 15) is 0 Å². The van der Waals surface area contributed by atoms with Gasteiger partial charge in [-0.05, 0) is 68.1 Å². The van der Waals surface area contributed by atoms with Crippen molar-refractivity contribution in [1.29, 1.82) is 0 Å². The topological polar surface area (TPSA) is 30.9 Å². The molecule has 4 rings (SSSR count). The minimum Gasteiger partial charge on any atom is -0.371 e. The van der Waals surface area contributed by atoms with Crippen molar-refractivity contribution in [1.82, 2.24) is 15.1 Å². The minimum atomic E-state index is 0.403. The van der Waals surface area contributed by atoms with E-state index in [4.69, 9.17) is 17.2 Å². The fourth-order valence-electron chi connectivity index (χ4n) is 5.70. The van der Waals surface area contributed by atoms with Crippen LogP contribution in [0.5, 0.6) is 0 Å². The molecule has 1 aliphatic carbocycles. The second-order valence-corrected chi connectivity index (χ2v) is 11.2. The van der Waals surface area contributed by atoms with E-state index in [-0.39, 0.29) is 0 Å². The molecule has 1 aromatic carbocycles. The van der Waals surface area contributed by atoms with E-state index < -0.39 is 0 Å². The van der Waals surface area contributed by atoms with E-state index in [1.807, 2.05) is 0 Å². The number of benzene rings is 1. The molecule has 0 spiro atoms. The Kier molecular flexibility index (Phi) is 8.67. The van der Waals surface area contributed by atoms with Gasteiger partial charge in [0.05, 0.1) is 17.9 Å². The molecule has 2 aliphatic heterocycles. The van der Waals surface area contributed by atoms with Gasteiger partial charge in [0.25, 0.3) is 0 Å². The second kappa shape index (κ2) is 11.7. The molecule has 0 aromatic heterocycles. The summed E-state index contributed by atoms with van der Waals surface area (Å²) < 4.78 is 0. The first-order valence-electron chi connectivity index (χ1n) is 13.5.